The molecule has 0 bridgehead atoms. The van der Waals surface area contributed by atoms with Crippen molar-refractivity contribution in [1.29, 1.82) is 0 Å². The number of phenols is 1. The van der Waals surface area contributed by atoms with Gasteiger partial charge in [0.1, 0.15) is 5.75 Å². The Morgan fingerprint density at radius 2 is 2.00 bits per heavy atom. The molecule has 0 unspecified atom stereocenters. The predicted molar refractivity (Wildman–Crippen MR) is 84.3 cm³/mol. The van der Waals surface area contributed by atoms with E-state index in [0.717, 1.165) is 11.3 Å². The molecule has 0 spiro atoms. The molecule has 0 atom stereocenters. The molecule has 2 aromatic rings. The zero-order chi connectivity index (χ0) is 13.1. The first-order valence-corrected chi connectivity index (χ1v) is 6.99. The average molecular weight is 374 g/mol. The van der Waals surface area contributed by atoms with Crippen LogP contribution in [0.4, 0.5) is 5.69 Å². The Bertz CT molecular complexity index is 520. The molecule has 94 valence electrons. The maximum atomic E-state index is 9.34. The summed E-state index contributed by atoms with van der Waals surface area (Å²) in [5, 5.41) is 13.1. The second-order valence-electron chi connectivity index (χ2n) is 4.10. The fourth-order valence-electron chi connectivity index (χ4n) is 1.57. The second-order valence-corrected chi connectivity index (χ2v) is 5.67. The van der Waals surface area contributed by atoms with Gasteiger partial charge in [0.05, 0.1) is 5.02 Å². The highest BCUT2D eigenvalue weighted by molar-refractivity contribution is 14.1. The van der Waals surface area contributed by atoms with Crippen molar-refractivity contribution in [3.63, 3.8) is 0 Å². The number of aromatic hydroxyl groups is 1. The van der Waals surface area contributed by atoms with Crippen LogP contribution in [0.5, 0.6) is 5.75 Å². The van der Waals surface area contributed by atoms with E-state index in [1.807, 2.05) is 6.07 Å². The van der Waals surface area contributed by atoms with Crippen molar-refractivity contribution >= 4 is 39.9 Å². The number of aryl methyl sites for hydroxylation is 1. The fourth-order valence-corrected chi connectivity index (χ4v) is 2.29. The van der Waals surface area contributed by atoms with E-state index in [0.29, 0.717) is 11.6 Å². The van der Waals surface area contributed by atoms with Crippen molar-refractivity contribution in [2.45, 2.75) is 13.5 Å². The van der Waals surface area contributed by atoms with Crippen molar-refractivity contribution in [2.75, 3.05) is 5.32 Å². The number of nitrogens with one attached hydrogen (secondary N) is 1. The van der Waals surface area contributed by atoms with E-state index in [1.165, 1.54) is 9.13 Å². The summed E-state index contributed by atoms with van der Waals surface area (Å²) in [6, 6.07) is 11.5. The fraction of sp³-hybridized carbons (Fsp3) is 0.143. The Kier molecular flexibility index (Phi) is 4.35. The highest BCUT2D eigenvalue weighted by atomic mass is 127. The minimum atomic E-state index is 0.116. The maximum Gasteiger partial charge on any atom is 0.134 e. The van der Waals surface area contributed by atoms with Gasteiger partial charge in [-0.05, 0) is 64.9 Å². The Morgan fingerprint density at radius 1 is 1.22 bits per heavy atom. The van der Waals surface area contributed by atoms with E-state index < -0.39 is 0 Å². The summed E-state index contributed by atoms with van der Waals surface area (Å²) in [6.45, 7) is 2.77. The summed E-state index contributed by atoms with van der Waals surface area (Å²) in [6.07, 6.45) is 0. The van der Waals surface area contributed by atoms with E-state index in [9.17, 15) is 5.11 Å². The molecular weight excluding hydrogens is 361 g/mol. The molecule has 4 heteroatoms. The number of phenolic OH excluding ortho intramolecular Hbond substituents is 1. The summed E-state index contributed by atoms with van der Waals surface area (Å²) >= 11 is 8.18. The van der Waals surface area contributed by atoms with E-state index in [4.69, 9.17) is 11.6 Å². The normalized spacial score (nSPS) is 10.4. The van der Waals surface area contributed by atoms with Crippen LogP contribution in [0.1, 0.15) is 11.1 Å². The lowest BCUT2D eigenvalue weighted by atomic mass is 10.2. The highest BCUT2D eigenvalue weighted by Gasteiger charge is 2.01. The van der Waals surface area contributed by atoms with Crippen LogP contribution in [0.3, 0.4) is 0 Å². The molecule has 0 aromatic heterocycles. The van der Waals surface area contributed by atoms with Gasteiger partial charge in [-0.2, -0.15) is 0 Å². The Hall–Kier alpha value is -0.940. The molecule has 0 saturated heterocycles. The first-order chi connectivity index (χ1) is 8.56. The van der Waals surface area contributed by atoms with Crippen LogP contribution < -0.4 is 5.32 Å². The number of rotatable bonds is 3. The number of hydrogen-bond donors (Lipinski definition) is 2. The smallest absolute Gasteiger partial charge is 0.134 e. The average Bonchev–Trinajstić information content (AvgIpc) is 2.35. The first kappa shape index (κ1) is 13.5. The number of halogens is 2. The van der Waals surface area contributed by atoms with Crippen LogP contribution in [0.2, 0.25) is 5.02 Å². The lowest BCUT2D eigenvalue weighted by molar-refractivity contribution is 0.475. The molecule has 2 nitrogen and oxygen atoms in total. The highest BCUT2D eigenvalue weighted by Crippen LogP contribution is 2.24. The molecule has 0 fully saturated rings. The molecule has 0 aliphatic heterocycles. The molecule has 0 radical (unpaired) electrons. The SMILES string of the molecule is Cc1ccc(NCc2ccc(O)c(Cl)c2)cc1I. The Morgan fingerprint density at radius 3 is 2.67 bits per heavy atom. The molecule has 2 rings (SSSR count). The molecule has 0 saturated carbocycles. The minimum absolute atomic E-state index is 0.116. The molecule has 0 amide bonds. The number of hydrogen-bond acceptors (Lipinski definition) is 2. The van der Waals surface area contributed by atoms with Crippen LogP contribution >= 0.6 is 34.2 Å². The zero-order valence-electron chi connectivity index (χ0n) is 9.87. The largest absolute Gasteiger partial charge is 0.506 e. The van der Waals surface area contributed by atoms with E-state index in [1.54, 1.807) is 12.1 Å². The van der Waals surface area contributed by atoms with Crippen molar-refractivity contribution in [3.05, 3.63) is 56.1 Å². The third kappa shape index (κ3) is 3.29. The molecule has 0 aliphatic rings. The van der Waals surface area contributed by atoms with Gasteiger partial charge in [-0.25, -0.2) is 0 Å². The zero-order valence-corrected chi connectivity index (χ0v) is 12.8. The number of anilines is 1. The van der Waals surface area contributed by atoms with Gasteiger partial charge in [0.2, 0.25) is 0 Å². The summed E-state index contributed by atoms with van der Waals surface area (Å²) < 4.78 is 1.24. The van der Waals surface area contributed by atoms with Gasteiger partial charge < -0.3 is 10.4 Å². The quantitative estimate of drug-likeness (QED) is 0.773. The first-order valence-electron chi connectivity index (χ1n) is 5.53. The summed E-state index contributed by atoms with van der Waals surface area (Å²) in [7, 11) is 0. The minimum Gasteiger partial charge on any atom is -0.506 e. The van der Waals surface area contributed by atoms with Crippen molar-refractivity contribution < 1.29 is 5.11 Å². The van der Waals surface area contributed by atoms with Gasteiger partial charge in [0, 0.05) is 15.8 Å². The van der Waals surface area contributed by atoms with Crippen LogP contribution in [-0.4, -0.2) is 5.11 Å². The molecule has 18 heavy (non-hydrogen) atoms. The molecule has 2 aromatic carbocycles. The van der Waals surface area contributed by atoms with Gasteiger partial charge in [-0.3, -0.25) is 0 Å². The Labute approximate surface area is 125 Å². The van der Waals surface area contributed by atoms with E-state index >= 15 is 0 Å². The molecule has 0 aliphatic carbocycles. The van der Waals surface area contributed by atoms with Crippen molar-refractivity contribution in [1.82, 2.24) is 0 Å². The lowest BCUT2D eigenvalue weighted by Crippen LogP contribution is -1.99. The Balaban J connectivity index is 2.06. The number of benzene rings is 2. The van der Waals surface area contributed by atoms with Gasteiger partial charge in [0.15, 0.2) is 0 Å². The lowest BCUT2D eigenvalue weighted by Gasteiger charge is -2.09. The monoisotopic (exact) mass is 373 g/mol. The summed E-state index contributed by atoms with van der Waals surface area (Å²) in [5.41, 5.74) is 3.39. The van der Waals surface area contributed by atoms with Crippen LogP contribution in [-0.2, 0) is 6.54 Å². The summed E-state index contributed by atoms with van der Waals surface area (Å²) in [4.78, 5) is 0. The predicted octanol–water partition coefficient (Wildman–Crippen LogP) is 4.57. The molecular formula is C14H13ClINO. The van der Waals surface area contributed by atoms with Crippen molar-refractivity contribution in [2.24, 2.45) is 0 Å². The standard InChI is InChI=1S/C14H13ClINO/c1-9-2-4-11(7-13(9)16)17-8-10-3-5-14(18)12(15)6-10/h2-7,17-18H,8H2,1H3. The summed E-state index contributed by atoms with van der Waals surface area (Å²) in [5.74, 6) is 0.116. The second kappa shape index (κ2) is 5.80. The van der Waals surface area contributed by atoms with Gasteiger partial charge in [-0.1, -0.05) is 23.7 Å². The van der Waals surface area contributed by atoms with Crippen LogP contribution in [0.15, 0.2) is 36.4 Å². The van der Waals surface area contributed by atoms with Crippen LogP contribution in [0.25, 0.3) is 0 Å². The molecule has 0 heterocycles. The maximum absolute atomic E-state index is 9.34. The van der Waals surface area contributed by atoms with Gasteiger partial charge >= 0.3 is 0 Å². The van der Waals surface area contributed by atoms with Crippen LogP contribution in [0, 0.1) is 10.5 Å². The topological polar surface area (TPSA) is 32.3 Å². The van der Waals surface area contributed by atoms with Crippen molar-refractivity contribution in [3.8, 4) is 5.75 Å². The van der Waals surface area contributed by atoms with E-state index in [-0.39, 0.29) is 5.75 Å². The van der Waals surface area contributed by atoms with Gasteiger partial charge in [-0.15, -0.1) is 0 Å². The van der Waals surface area contributed by atoms with E-state index in [2.05, 4.69) is 53.0 Å². The van der Waals surface area contributed by atoms with Gasteiger partial charge in [0.25, 0.3) is 0 Å². The third-order valence-corrected chi connectivity index (χ3v) is 4.15. The molecule has 2 N–H and O–H groups in total. The third-order valence-electron chi connectivity index (χ3n) is 2.68.